The summed E-state index contributed by atoms with van der Waals surface area (Å²) in [6.45, 7) is 3.50. The van der Waals surface area contributed by atoms with Crippen molar-refractivity contribution in [3.63, 3.8) is 0 Å². The van der Waals surface area contributed by atoms with Crippen molar-refractivity contribution < 1.29 is 13.5 Å². The quantitative estimate of drug-likeness (QED) is 0.735. The molecule has 18 heavy (non-hydrogen) atoms. The first-order chi connectivity index (χ1) is 8.50. The predicted molar refractivity (Wildman–Crippen MR) is 71.4 cm³/mol. The summed E-state index contributed by atoms with van der Waals surface area (Å²) in [6.07, 6.45) is 4.69. The van der Waals surface area contributed by atoms with Gasteiger partial charge in [0.05, 0.1) is 17.4 Å². The molecule has 1 aliphatic carbocycles. The fraction of sp³-hybridized carbons (Fsp3) is 1.00. The topological polar surface area (TPSA) is 69.6 Å². The SMILES string of the molecule is CS(=O)(=O)C1CCCC1(CO)N1CCCNCC1. The molecule has 1 aliphatic heterocycles. The van der Waals surface area contributed by atoms with Gasteiger partial charge in [-0.1, -0.05) is 6.42 Å². The molecule has 0 spiro atoms. The molecule has 2 N–H and O–H groups in total. The summed E-state index contributed by atoms with van der Waals surface area (Å²) >= 11 is 0. The van der Waals surface area contributed by atoms with Crippen molar-refractivity contribution in [2.24, 2.45) is 0 Å². The van der Waals surface area contributed by atoms with Gasteiger partial charge in [0, 0.05) is 25.9 Å². The van der Waals surface area contributed by atoms with Gasteiger partial charge < -0.3 is 10.4 Å². The van der Waals surface area contributed by atoms with Crippen LogP contribution in [0.2, 0.25) is 0 Å². The van der Waals surface area contributed by atoms with Crippen LogP contribution in [0.25, 0.3) is 0 Å². The van der Waals surface area contributed by atoms with Gasteiger partial charge in [-0.15, -0.1) is 0 Å². The highest BCUT2D eigenvalue weighted by Crippen LogP contribution is 2.39. The van der Waals surface area contributed by atoms with Crippen LogP contribution in [0, 0.1) is 0 Å². The molecule has 1 saturated carbocycles. The third-order valence-corrected chi connectivity index (χ3v) is 6.14. The normalized spacial score (nSPS) is 35.6. The summed E-state index contributed by atoms with van der Waals surface area (Å²) in [7, 11) is -3.11. The summed E-state index contributed by atoms with van der Waals surface area (Å²) in [5.41, 5.74) is -0.542. The van der Waals surface area contributed by atoms with E-state index in [1.165, 1.54) is 6.26 Å². The van der Waals surface area contributed by atoms with E-state index in [1.54, 1.807) is 0 Å². The minimum absolute atomic E-state index is 0.0509. The molecule has 0 radical (unpaired) electrons. The molecule has 2 aliphatic rings. The Morgan fingerprint density at radius 3 is 2.78 bits per heavy atom. The molecule has 6 heteroatoms. The molecule has 0 aromatic carbocycles. The number of hydrogen-bond acceptors (Lipinski definition) is 5. The monoisotopic (exact) mass is 276 g/mol. The van der Waals surface area contributed by atoms with Gasteiger partial charge in [-0.25, -0.2) is 8.42 Å². The largest absolute Gasteiger partial charge is 0.394 e. The molecule has 106 valence electrons. The highest BCUT2D eigenvalue weighted by atomic mass is 32.2. The summed E-state index contributed by atoms with van der Waals surface area (Å²) in [5, 5.41) is 12.8. The number of aliphatic hydroxyl groups is 1. The lowest BCUT2D eigenvalue weighted by atomic mass is 9.95. The second-order valence-corrected chi connectivity index (χ2v) is 7.79. The van der Waals surface area contributed by atoms with Crippen LogP contribution >= 0.6 is 0 Å². The van der Waals surface area contributed by atoms with Gasteiger partial charge in [0.1, 0.15) is 0 Å². The maximum atomic E-state index is 12.0. The van der Waals surface area contributed by atoms with E-state index in [1.807, 2.05) is 0 Å². The van der Waals surface area contributed by atoms with Crippen molar-refractivity contribution in [2.45, 2.75) is 36.5 Å². The molecule has 1 heterocycles. The Morgan fingerprint density at radius 1 is 1.33 bits per heavy atom. The van der Waals surface area contributed by atoms with Crippen molar-refractivity contribution in [3.8, 4) is 0 Å². The van der Waals surface area contributed by atoms with Crippen LogP contribution in [0.5, 0.6) is 0 Å². The molecular weight excluding hydrogens is 252 g/mol. The summed E-state index contributed by atoms with van der Waals surface area (Å²) < 4.78 is 24.0. The Hall–Kier alpha value is -0.170. The van der Waals surface area contributed by atoms with Gasteiger partial charge >= 0.3 is 0 Å². The van der Waals surface area contributed by atoms with Crippen LogP contribution in [-0.4, -0.2) is 68.3 Å². The van der Waals surface area contributed by atoms with Gasteiger partial charge in [-0.3, -0.25) is 4.90 Å². The average molecular weight is 276 g/mol. The van der Waals surface area contributed by atoms with Crippen LogP contribution in [0.4, 0.5) is 0 Å². The van der Waals surface area contributed by atoms with Crippen LogP contribution in [0.15, 0.2) is 0 Å². The van der Waals surface area contributed by atoms with E-state index in [0.717, 1.165) is 45.4 Å². The Bertz CT molecular complexity index is 377. The zero-order valence-electron chi connectivity index (χ0n) is 11.1. The minimum Gasteiger partial charge on any atom is -0.394 e. The number of sulfone groups is 1. The Balaban J connectivity index is 2.27. The Labute approximate surface area is 109 Å². The van der Waals surface area contributed by atoms with Crippen molar-refractivity contribution in [3.05, 3.63) is 0 Å². The van der Waals surface area contributed by atoms with Crippen LogP contribution in [-0.2, 0) is 9.84 Å². The standard InChI is InChI=1S/C12H24N2O3S/c1-18(16,17)11-4-2-5-12(11,10-15)14-8-3-6-13-7-9-14/h11,13,15H,2-10H2,1H3. The lowest BCUT2D eigenvalue weighted by Gasteiger charge is -2.43. The second kappa shape index (κ2) is 5.45. The molecule has 0 bridgehead atoms. The first-order valence-corrected chi connectivity index (χ1v) is 8.72. The maximum Gasteiger partial charge on any atom is 0.152 e. The maximum absolute atomic E-state index is 12.0. The zero-order valence-corrected chi connectivity index (χ0v) is 11.9. The number of rotatable bonds is 3. The summed E-state index contributed by atoms with van der Waals surface area (Å²) in [4.78, 5) is 2.21. The molecule has 2 atom stereocenters. The number of aliphatic hydroxyl groups excluding tert-OH is 1. The van der Waals surface area contributed by atoms with E-state index in [4.69, 9.17) is 0 Å². The fourth-order valence-electron chi connectivity index (χ4n) is 3.57. The van der Waals surface area contributed by atoms with Gasteiger partial charge in [0.25, 0.3) is 0 Å². The van der Waals surface area contributed by atoms with E-state index < -0.39 is 20.6 Å². The van der Waals surface area contributed by atoms with Crippen molar-refractivity contribution in [1.82, 2.24) is 10.2 Å². The smallest absolute Gasteiger partial charge is 0.152 e. The highest BCUT2D eigenvalue weighted by Gasteiger charge is 2.51. The van der Waals surface area contributed by atoms with Crippen molar-refractivity contribution in [2.75, 3.05) is 39.0 Å². The Morgan fingerprint density at radius 2 is 2.11 bits per heavy atom. The number of nitrogens with one attached hydrogen (secondary N) is 1. The lowest BCUT2D eigenvalue weighted by molar-refractivity contribution is 0.0409. The fourth-order valence-corrected chi connectivity index (χ4v) is 5.30. The molecule has 2 unspecified atom stereocenters. The summed E-state index contributed by atoms with van der Waals surface area (Å²) in [5.74, 6) is 0. The average Bonchev–Trinajstić information content (AvgIpc) is 2.58. The van der Waals surface area contributed by atoms with E-state index in [-0.39, 0.29) is 6.61 Å². The van der Waals surface area contributed by atoms with Gasteiger partial charge in [-0.05, 0) is 25.8 Å². The highest BCUT2D eigenvalue weighted by molar-refractivity contribution is 7.91. The molecule has 1 saturated heterocycles. The predicted octanol–water partition coefficient (Wildman–Crippen LogP) is -0.390. The van der Waals surface area contributed by atoms with Crippen LogP contribution < -0.4 is 5.32 Å². The van der Waals surface area contributed by atoms with Crippen molar-refractivity contribution in [1.29, 1.82) is 0 Å². The first-order valence-electron chi connectivity index (χ1n) is 6.76. The molecule has 5 nitrogen and oxygen atoms in total. The number of hydrogen-bond donors (Lipinski definition) is 2. The molecule has 0 aromatic heterocycles. The zero-order chi connectivity index (χ0) is 13.2. The van der Waals surface area contributed by atoms with Gasteiger partial charge in [0.2, 0.25) is 0 Å². The number of nitrogens with zero attached hydrogens (tertiary/aromatic N) is 1. The third kappa shape index (κ3) is 2.57. The molecule has 2 rings (SSSR count). The van der Waals surface area contributed by atoms with E-state index in [0.29, 0.717) is 6.42 Å². The lowest BCUT2D eigenvalue weighted by Crippen LogP contribution is -2.59. The molecule has 2 fully saturated rings. The second-order valence-electron chi connectivity index (χ2n) is 5.56. The Kier molecular flexibility index (Phi) is 4.31. The van der Waals surface area contributed by atoms with Crippen molar-refractivity contribution >= 4 is 9.84 Å². The third-order valence-electron chi connectivity index (χ3n) is 4.44. The minimum atomic E-state index is -3.11. The van der Waals surface area contributed by atoms with Gasteiger partial charge in [-0.2, -0.15) is 0 Å². The molecular formula is C12H24N2O3S. The first kappa shape index (κ1) is 14.2. The molecule has 0 amide bonds. The van der Waals surface area contributed by atoms with E-state index >= 15 is 0 Å². The van der Waals surface area contributed by atoms with Gasteiger partial charge in [0.15, 0.2) is 9.84 Å². The summed E-state index contributed by atoms with van der Waals surface area (Å²) in [6, 6.07) is 0. The van der Waals surface area contributed by atoms with E-state index in [9.17, 15) is 13.5 Å². The molecule has 0 aromatic rings. The van der Waals surface area contributed by atoms with Crippen LogP contribution in [0.1, 0.15) is 25.7 Å². The van der Waals surface area contributed by atoms with Crippen LogP contribution in [0.3, 0.4) is 0 Å². The van der Waals surface area contributed by atoms with E-state index in [2.05, 4.69) is 10.2 Å².